The van der Waals surface area contributed by atoms with Crippen molar-refractivity contribution in [2.45, 2.75) is 32.7 Å². The fraction of sp³-hybridized carbons (Fsp3) is 0.400. The van der Waals surface area contributed by atoms with E-state index in [1.807, 2.05) is 42.5 Å². The maximum Gasteiger partial charge on any atom is 0.262 e. The predicted molar refractivity (Wildman–Crippen MR) is 136 cm³/mol. The van der Waals surface area contributed by atoms with Gasteiger partial charge in [-0.1, -0.05) is 49.4 Å². The Balaban J connectivity index is 1.42. The van der Waals surface area contributed by atoms with Crippen LogP contribution in [-0.2, 0) is 11.3 Å². The summed E-state index contributed by atoms with van der Waals surface area (Å²) in [7, 11) is 0.522. The number of hydrogen-bond acceptors (Lipinski definition) is 4. The van der Waals surface area contributed by atoms with Crippen molar-refractivity contribution < 1.29 is 4.79 Å². The summed E-state index contributed by atoms with van der Waals surface area (Å²) in [5.41, 5.74) is 2.79. The molecule has 5 nitrogen and oxygen atoms in total. The van der Waals surface area contributed by atoms with Gasteiger partial charge in [-0.2, -0.15) is 0 Å². The van der Waals surface area contributed by atoms with E-state index in [9.17, 15) is 9.59 Å². The van der Waals surface area contributed by atoms with E-state index in [-0.39, 0.29) is 17.3 Å². The first kappa shape index (κ1) is 23.0. The summed E-state index contributed by atoms with van der Waals surface area (Å²) >= 11 is 5.72. The molecule has 0 saturated carbocycles. The number of ketones is 1. The minimum absolute atomic E-state index is 0.00886. The van der Waals surface area contributed by atoms with Crippen LogP contribution in [0.3, 0.4) is 0 Å². The number of Topliss-reactive ketones (excluding diaryl/α,β-unsaturated/α-hetero) is 1. The SMILES string of the molecule is C=C1C=CC(C(=O)C2CCN(CCn3c(=O)c4ccccc4n(PCC)c3=S)CC2)=CC1. The molecule has 2 heterocycles. The number of para-hydroxylation sites is 1. The van der Waals surface area contributed by atoms with Crippen molar-refractivity contribution in [3.63, 3.8) is 0 Å². The number of carbonyl (C=O) groups is 1. The predicted octanol–water partition coefficient (Wildman–Crippen LogP) is 4.72. The third-order valence-corrected chi connectivity index (χ3v) is 7.97. The van der Waals surface area contributed by atoms with E-state index in [1.165, 1.54) is 0 Å². The summed E-state index contributed by atoms with van der Waals surface area (Å²) in [6.45, 7) is 9.14. The molecule has 1 saturated heterocycles. The summed E-state index contributed by atoms with van der Waals surface area (Å²) in [6, 6.07) is 7.73. The van der Waals surface area contributed by atoms with Gasteiger partial charge in [-0.15, -0.1) is 0 Å². The number of carbonyl (C=O) groups excluding carboxylic acids is 1. The Morgan fingerprint density at radius 2 is 1.94 bits per heavy atom. The zero-order valence-electron chi connectivity index (χ0n) is 18.5. The largest absolute Gasteiger partial charge is 0.302 e. The number of fused-ring (bicyclic) bond motifs is 1. The average molecular weight is 468 g/mol. The van der Waals surface area contributed by atoms with E-state index in [0.29, 0.717) is 20.0 Å². The van der Waals surface area contributed by atoms with Gasteiger partial charge in [0.2, 0.25) is 0 Å². The normalized spacial score (nSPS) is 18.0. The van der Waals surface area contributed by atoms with E-state index < -0.39 is 0 Å². The van der Waals surface area contributed by atoms with Crippen molar-refractivity contribution in [3.05, 3.63) is 75.3 Å². The summed E-state index contributed by atoms with van der Waals surface area (Å²) in [6.07, 6.45) is 9.31. The minimum atomic E-state index is -0.00886. The van der Waals surface area contributed by atoms with Crippen molar-refractivity contribution in [1.29, 1.82) is 0 Å². The third-order valence-electron chi connectivity index (χ3n) is 6.32. The van der Waals surface area contributed by atoms with Crippen LogP contribution in [0.25, 0.3) is 10.9 Å². The molecule has 1 aromatic heterocycles. The number of nitrogens with zero attached hydrogens (tertiary/aromatic N) is 3. The Bertz CT molecular complexity index is 1220. The highest BCUT2D eigenvalue weighted by molar-refractivity contribution is 7.71. The first-order valence-electron chi connectivity index (χ1n) is 11.3. The van der Waals surface area contributed by atoms with E-state index >= 15 is 0 Å². The molecule has 0 radical (unpaired) electrons. The summed E-state index contributed by atoms with van der Waals surface area (Å²) < 4.78 is 4.47. The van der Waals surface area contributed by atoms with Gasteiger partial charge in [-0.25, -0.2) is 0 Å². The molecule has 1 fully saturated rings. The van der Waals surface area contributed by atoms with Gasteiger partial charge < -0.3 is 4.90 Å². The molecular formula is C25H30N3O2PS. The Morgan fingerprint density at radius 3 is 2.62 bits per heavy atom. The number of rotatable bonds is 7. The molecule has 2 aromatic rings. The molecule has 168 valence electrons. The van der Waals surface area contributed by atoms with Crippen LogP contribution in [0.2, 0.25) is 0 Å². The molecule has 4 rings (SSSR count). The second kappa shape index (κ2) is 10.2. The highest BCUT2D eigenvalue weighted by Gasteiger charge is 2.26. The topological polar surface area (TPSA) is 47.2 Å². The lowest BCUT2D eigenvalue weighted by molar-refractivity contribution is -0.120. The number of allylic oxidation sites excluding steroid dienone is 5. The second-order valence-electron chi connectivity index (χ2n) is 8.44. The Morgan fingerprint density at radius 1 is 1.19 bits per heavy atom. The lowest BCUT2D eigenvalue weighted by Crippen LogP contribution is -2.39. The summed E-state index contributed by atoms with van der Waals surface area (Å²) in [5, 5.41) is 0.725. The van der Waals surface area contributed by atoms with Gasteiger partial charge in [-0.05, 0) is 71.6 Å². The lowest BCUT2D eigenvalue weighted by Gasteiger charge is -2.31. The van der Waals surface area contributed by atoms with Crippen molar-refractivity contribution in [3.8, 4) is 0 Å². The van der Waals surface area contributed by atoms with Gasteiger partial charge in [0.15, 0.2) is 10.6 Å². The van der Waals surface area contributed by atoms with Crippen LogP contribution in [0.5, 0.6) is 0 Å². The van der Waals surface area contributed by atoms with Crippen LogP contribution >= 0.6 is 20.9 Å². The molecule has 0 spiro atoms. The zero-order valence-corrected chi connectivity index (χ0v) is 20.4. The molecule has 7 heteroatoms. The van der Waals surface area contributed by atoms with Gasteiger partial charge in [-0.3, -0.25) is 18.5 Å². The van der Waals surface area contributed by atoms with E-state index in [4.69, 9.17) is 12.2 Å². The van der Waals surface area contributed by atoms with Crippen LogP contribution in [0.4, 0.5) is 0 Å². The monoisotopic (exact) mass is 467 g/mol. The Labute approximate surface area is 196 Å². The van der Waals surface area contributed by atoms with Crippen LogP contribution in [0.1, 0.15) is 26.2 Å². The summed E-state index contributed by atoms with van der Waals surface area (Å²) in [5.74, 6) is 0.341. The van der Waals surface area contributed by atoms with Gasteiger partial charge in [0, 0.05) is 24.6 Å². The van der Waals surface area contributed by atoms with Crippen LogP contribution < -0.4 is 5.56 Å². The Kier molecular flexibility index (Phi) is 7.34. The number of aromatic nitrogens is 2. The van der Waals surface area contributed by atoms with Gasteiger partial charge >= 0.3 is 0 Å². The molecule has 1 aromatic carbocycles. The average Bonchev–Trinajstić information content (AvgIpc) is 2.82. The zero-order chi connectivity index (χ0) is 22.7. The van der Waals surface area contributed by atoms with Crippen molar-refractivity contribution in [1.82, 2.24) is 13.8 Å². The number of benzene rings is 1. The fourth-order valence-electron chi connectivity index (χ4n) is 4.48. The first-order chi connectivity index (χ1) is 15.5. The molecule has 1 atom stereocenters. The lowest BCUT2D eigenvalue weighted by atomic mass is 9.86. The molecule has 0 N–H and O–H groups in total. The van der Waals surface area contributed by atoms with Gasteiger partial charge in [0.1, 0.15) is 0 Å². The van der Waals surface area contributed by atoms with Crippen LogP contribution in [-0.4, -0.2) is 45.4 Å². The van der Waals surface area contributed by atoms with E-state index in [1.54, 1.807) is 4.57 Å². The molecule has 1 aliphatic heterocycles. The fourth-order valence-corrected chi connectivity index (χ4v) is 5.88. The molecule has 2 aliphatic rings. The first-order valence-corrected chi connectivity index (χ1v) is 12.9. The molecule has 1 aliphatic carbocycles. The second-order valence-corrected chi connectivity index (χ2v) is 10.3. The maximum atomic E-state index is 13.1. The quantitative estimate of drug-likeness (QED) is 0.437. The van der Waals surface area contributed by atoms with Crippen LogP contribution in [0, 0.1) is 10.7 Å². The smallest absolute Gasteiger partial charge is 0.262 e. The summed E-state index contributed by atoms with van der Waals surface area (Å²) in [4.78, 5) is 28.3. The molecule has 0 amide bonds. The highest BCUT2D eigenvalue weighted by atomic mass is 32.1. The number of piperidine rings is 1. The van der Waals surface area contributed by atoms with Crippen molar-refractivity contribution >= 4 is 37.6 Å². The van der Waals surface area contributed by atoms with Crippen LogP contribution in [0.15, 0.2) is 65.0 Å². The van der Waals surface area contributed by atoms with Gasteiger partial charge in [0.05, 0.1) is 10.9 Å². The van der Waals surface area contributed by atoms with E-state index in [0.717, 1.165) is 67.1 Å². The molecule has 1 unspecified atom stereocenters. The van der Waals surface area contributed by atoms with Crippen molar-refractivity contribution in [2.75, 3.05) is 25.8 Å². The van der Waals surface area contributed by atoms with Gasteiger partial charge in [0.25, 0.3) is 5.56 Å². The highest BCUT2D eigenvalue weighted by Crippen LogP contribution is 2.25. The number of hydrogen-bond donors (Lipinski definition) is 0. The Hall–Kier alpha value is -2.14. The van der Waals surface area contributed by atoms with Crippen molar-refractivity contribution in [2.24, 2.45) is 5.92 Å². The number of likely N-dealkylation sites (tertiary alicyclic amines) is 1. The van der Waals surface area contributed by atoms with E-state index in [2.05, 4.69) is 22.7 Å². The molecule has 32 heavy (non-hydrogen) atoms. The molecule has 0 bridgehead atoms. The third kappa shape index (κ3) is 4.78. The minimum Gasteiger partial charge on any atom is -0.302 e. The maximum absolute atomic E-state index is 13.1. The molecular weight excluding hydrogens is 437 g/mol. The standard InChI is InChI=1S/C25H30N3O2PS/c1-3-31-28-22-7-5-4-6-21(22)24(30)27(25(28)32)17-16-26-14-12-20(13-15-26)23(29)19-10-8-18(2)9-11-19/h4-8,10-11,20,31H,2-3,9,12-17H2,1H3.